The van der Waals surface area contributed by atoms with Gasteiger partial charge in [-0.25, -0.2) is 0 Å². The smallest absolute Gasteiger partial charge is 0.0797 e. The van der Waals surface area contributed by atoms with Gasteiger partial charge in [-0.2, -0.15) is 10.2 Å². The maximum absolute atomic E-state index is 4.49. The third-order valence-electron chi connectivity index (χ3n) is 3.05. The third kappa shape index (κ3) is 2.79. The van der Waals surface area contributed by atoms with Crippen LogP contribution >= 0.6 is 0 Å². The fourth-order valence-electron chi connectivity index (χ4n) is 2.21. The summed E-state index contributed by atoms with van der Waals surface area (Å²) >= 11 is 0. The molecule has 0 saturated carbocycles. The minimum Gasteiger partial charge on any atom is -0.309 e. The average molecular weight is 247 g/mol. The van der Waals surface area contributed by atoms with Crippen molar-refractivity contribution in [1.82, 2.24) is 24.9 Å². The SMILES string of the molecule is CCNC(Cc1cc(C)nn1C)c1ccn(C)n1. The number of rotatable bonds is 5. The molecule has 0 fully saturated rings. The zero-order chi connectivity index (χ0) is 13.1. The van der Waals surface area contributed by atoms with Crippen molar-refractivity contribution in [2.75, 3.05) is 6.54 Å². The van der Waals surface area contributed by atoms with Crippen LogP contribution in [0.2, 0.25) is 0 Å². The summed E-state index contributed by atoms with van der Waals surface area (Å²) in [5, 5.41) is 12.4. The summed E-state index contributed by atoms with van der Waals surface area (Å²) in [4.78, 5) is 0. The van der Waals surface area contributed by atoms with E-state index in [4.69, 9.17) is 0 Å². The molecule has 0 amide bonds. The second-order valence-corrected chi connectivity index (χ2v) is 4.63. The highest BCUT2D eigenvalue weighted by atomic mass is 15.3. The molecular formula is C13H21N5. The maximum Gasteiger partial charge on any atom is 0.0797 e. The number of nitrogens with zero attached hydrogens (tertiary/aromatic N) is 4. The molecule has 0 aliphatic rings. The summed E-state index contributed by atoms with van der Waals surface area (Å²) in [5.41, 5.74) is 3.37. The highest BCUT2D eigenvalue weighted by Crippen LogP contribution is 2.17. The van der Waals surface area contributed by atoms with Gasteiger partial charge in [0, 0.05) is 32.4 Å². The van der Waals surface area contributed by atoms with E-state index < -0.39 is 0 Å². The minimum absolute atomic E-state index is 0.242. The van der Waals surface area contributed by atoms with Crippen molar-refractivity contribution >= 4 is 0 Å². The molecule has 1 atom stereocenters. The van der Waals surface area contributed by atoms with Crippen molar-refractivity contribution in [1.29, 1.82) is 0 Å². The first-order valence-electron chi connectivity index (χ1n) is 6.32. The molecule has 18 heavy (non-hydrogen) atoms. The molecule has 0 aliphatic carbocycles. The molecule has 5 nitrogen and oxygen atoms in total. The maximum atomic E-state index is 4.49. The molecule has 2 aromatic rings. The molecule has 0 aliphatic heterocycles. The van der Waals surface area contributed by atoms with E-state index in [1.807, 2.05) is 36.6 Å². The molecule has 0 radical (unpaired) electrons. The van der Waals surface area contributed by atoms with Crippen molar-refractivity contribution in [3.05, 3.63) is 35.4 Å². The van der Waals surface area contributed by atoms with Gasteiger partial charge in [-0.1, -0.05) is 6.92 Å². The van der Waals surface area contributed by atoms with E-state index in [0.717, 1.165) is 24.4 Å². The third-order valence-corrected chi connectivity index (χ3v) is 3.05. The summed E-state index contributed by atoms with van der Waals surface area (Å²) in [5.74, 6) is 0. The zero-order valence-electron chi connectivity index (χ0n) is 11.5. The van der Waals surface area contributed by atoms with Crippen molar-refractivity contribution in [3.63, 3.8) is 0 Å². The predicted molar refractivity (Wildman–Crippen MR) is 71.3 cm³/mol. The summed E-state index contributed by atoms with van der Waals surface area (Å²) in [7, 11) is 3.94. The van der Waals surface area contributed by atoms with Crippen LogP contribution in [0.5, 0.6) is 0 Å². The van der Waals surface area contributed by atoms with E-state index in [1.165, 1.54) is 5.69 Å². The van der Waals surface area contributed by atoms with Crippen LogP contribution in [0, 0.1) is 6.92 Å². The van der Waals surface area contributed by atoms with Gasteiger partial charge in [0.2, 0.25) is 0 Å². The Morgan fingerprint density at radius 1 is 1.33 bits per heavy atom. The second-order valence-electron chi connectivity index (χ2n) is 4.63. The summed E-state index contributed by atoms with van der Waals surface area (Å²) < 4.78 is 3.79. The van der Waals surface area contributed by atoms with Gasteiger partial charge < -0.3 is 5.32 Å². The van der Waals surface area contributed by atoms with Crippen molar-refractivity contribution in [3.8, 4) is 0 Å². The van der Waals surface area contributed by atoms with Crippen LogP contribution in [-0.4, -0.2) is 26.1 Å². The molecule has 2 rings (SSSR count). The van der Waals surface area contributed by atoms with Gasteiger partial charge in [0.15, 0.2) is 0 Å². The minimum atomic E-state index is 0.242. The molecule has 0 saturated heterocycles. The molecular weight excluding hydrogens is 226 g/mol. The van der Waals surface area contributed by atoms with Gasteiger partial charge in [-0.3, -0.25) is 9.36 Å². The Labute approximate surface area is 108 Å². The highest BCUT2D eigenvalue weighted by Gasteiger charge is 2.16. The Morgan fingerprint density at radius 2 is 2.11 bits per heavy atom. The number of hydrogen-bond donors (Lipinski definition) is 1. The lowest BCUT2D eigenvalue weighted by Gasteiger charge is -2.15. The first kappa shape index (κ1) is 12.8. The van der Waals surface area contributed by atoms with E-state index in [1.54, 1.807) is 0 Å². The monoisotopic (exact) mass is 247 g/mol. The van der Waals surface area contributed by atoms with Crippen LogP contribution in [0.1, 0.15) is 30.0 Å². The van der Waals surface area contributed by atoms with Gasteiger partial charge in [-0.05, 0) is 25.6 Å². The summed E-state index contributed by atoms with van der Waals surface area (Å²) in [6.07, 6.45) is 2.89. The highest BCUT2D eigenvalue weighted by molar-refractivity contribution is 5.14. The lowest BCUT2D eigenvalue weighted by atomic mass is 10.1. The Hall–Kier alpha value is -1.62. The topological polar surface area (TPSA) is 47.7 Å². The zero-order valence-corrected chi connectivity index (χ0v) is 11.5. The van der Waals surface area contributed by atoms with Crippen LogP contribution in [-0.2, 0) is 20.5 Å². The Kier molecular flexibility index (Phi) is 3.81. The molecule has 0 bridgehead atoms. The Balaban J connectivity index is 2.18. The number of hydrogen-bond acceptors (Lipinski definition) is 3. The van der Waals surface area contributed by atoms with Crippen molar-refractivity contribution < 1.29 is 0 Å². The van der Waals surface area contributed by atoms with Crippen LogP contribution in [0.25, 0.3) is 0 Å². The lowest BCUT2D eigenvalue weighted by Crippen LogP contribution is -2.24. The molecule has 2 aromatic heterocycles. The van der Waals surface area contributed by atoms with Crippen LogP contribution in [0.3, 0.4) is 0 Å². The first-order chi connectivity index (χ1) is 8.60. The van der Waals surface area contributed by atoms with Gasteiger partial charge in [0.1, 0.15) is 0 Å². The number of aromatic nitrogens is 4. The number of nitrogens with one attached hydrogen (secondary N) is 1. The molecule has 5 heteroatoms. The molecule has 0 spiro atoms. The molecule has 1 unspecified atom stereocenters. The van der Waals surface area contributed by atoms with Crippen LogP contribution < -0.4 is 5.32 Å². The van der Waals surface area contributed by atoms with E-state index in [2.05, 4.69) is 34.6 Å². The lowest BCUT2D eigenvalue weighted by molar-refractivity contribution is 0.510. The van der Waals surface area contributed by atoms with Crippen LogP contribution in [0.15, 0.2) is 18.3 Å². The normalized spacial score (nSPS) is 12.9. The standard InChI is InChI=1S/C13H21N5/c1-5-14-13(12-6-7-17(3)16-12)9-11-8-10(2)15-18(11)4/h6-8,13-14H,5,9H2,1-4H3. The number of likely N-dealkylation sites (N-methyl/N-ethyl adjacent to an activating group) is 1. The Bertz CT molecular complexity index is 511. The summed E-state index contributed by atoms with van der Waals surface area (Å²) in [6, 6.07) is 4.44. The van der Waals surface area contributed by atoms with Crippen molar-refractivity contribution in [2.45, 2.75) is 26.3 Å². The first-order valence-corrected chi connectivity index (χ1v) is 6.32. The second kappa shape index (κ2) is 5.35. The Morgan fingerprint density at radius 3 is 2.61 bits per heavy atom. The quantitative estimate of drug-likeness (QED) is 0.867. The largest absolute Gasteiger partial charge is 0.309 e. The van der Waals surface area contributed by atoms with E-state index in [9.17, 15) is 0 Å². The number of aryl methyl sites for hydroxylation is 3. The van der Waals surface area contributed by atoms with E-state index in [0.29, 0.717) is 0 Å². The molecule has 1 N–H and O–H groups in total. The fourth-order valence-corrected chi connectivity index (χ4v) is 2.21. The molecule has 0 aromatic carbocycles. The van der Waals surface area contributed by atoms with E-state index in [-0.39, 0.29) is 6.04 Å². The van der Waals surface area contributed by atoms with Crippen molar-refractivity contribution in [2.24, 2.45) is 14.1 Å². The van der Waals surface area contributed by atoms with E-state index >= 15 is 0 Å². The van der Waals surface area contributed by atoms with Crippen LogP contribution in [0.4, 0.5) is 0 Å². The van der Waals surface area contributed by atoms with Gasteiger partial charge in [-0.15, -0.1) is 0 Å². The summed E-state index contributed by atoms with van der Waals surface area (Å²) in [6.45, 7) is 5.06. The fraction of sp³-hybridized carbons (Fsp3) is 0.538. The molecule has 2 heterocycles. The van der Waals surface area contributed by atoms with Gasteiger partial charge in [0.05, 0.1) is 17.4 Å². The van der Waals surface area contributed by atoms with Gasteiger partial charge >= 0.3 is 0 Å². The average Bonchev–Trinajstić information content (AvgIpc) is 2.85. The van der Waals surface area contributed by atoms with Gasteiger partial charge in [0.25, 0.3) is 0 Å². The molecule has 98 valence electrons. The predicted octanol–water partition coefficient (Wildman–Crippen LogP) is 1.36.